The zero-order chi connectivity index (χ0) is 24.9. The summed E-state index contributed by atoms with van der Waals surface area (Å²) in [6.07, 6.45) is 3.81. The predicted molar refractivity (Wildman–Crippen MR) is 136 cm³/mol. The van der Waals surface area contributed by atoms with E-state index in [0.29, 0.717) is 13.0 Å². The van der Waals surface area contributed by atoms with Gasteiger partial charge in [-0.25, -0.2) is 0 Å². The Labute approximate surface area is 208 Å². The summed E-state index contributed by atoms with van der Waals surface area (Å²) in [6, 6.07) is 30.9. The summed E-state index contributed by atoms with van der Waals surface area (Å²) in [4.78, 5) is 23.7. The Bertz CT molecular complexity index is 921. The molecule has 3 rings (SSSR count). The second kappa shape index (κ2) is 13.4. The molecule has 0 heterocycles. The maximum atomic E-state index is 11.9. The van der Waals surface area contributed by atoms with E-state index < -0.39 is 23.5 Å². The molecule has 184 valence electrons. The maximum Gasteiger partial charge on any atom is 0.320 e. The summed E-state index contributed by atoms with van der Waals surface area (Å²) in [5, 5.41) is 0. The van der Waals surface area contributed by atoms with E-state index in [1.807, 2.05) is 54.6 Å². The number of benzene rings is 3. The Morgan fingerprint density at radius 1 is 0.629 bits per heavy atom. The van der Waals surface area contributed by atoms with Crippen LogP contribution in [0, 0.1) is 5.92 Å². The fourth-order valence-corrected chi connectivity index (χ4v) is 4.41. The van der Waals surface area contributed by atoms with Gasteiger partial charge in [0.1, 0.15) is 5.60 Å². The number of carbonyl (C=O) groups excluding carboxylic acids is 2. The van der Waals surface area contributed by atoms with Crippen molar-refractivity contribution in [2.75, 3.05) is 20.8 Å². The summed E-state index contributed by atoms with van der Waals surface area (Å²) < 4.78 is 16.2. The molecule has 0 aliphatic rings. The molecule has 3 aromatic carbocycles. The van der Waals surface area contributed by atoms with Gasteiger partial charge >= 0.3 is 11.9 Å². The Morgan fingerprint density at radius 3 is 1.43 bits per heavy atom. The van der Waals surface area contributed by atoms with Gasteiger partial charge in [0.05, 0.1) is 14.2 Å². The van der Waals surface area contributed by atoms with Gasteiger partial charge in [-0.1, -0.05) is 110 Å². The molecule has 0 saturated heterocycles. The van der Waals surface area contributed by atoms with Crippen LogP contribution in [0.2, 0.25) is 0 Å². The van der Waals surface area contributed by atoms with Gasteiger partial charge in [0.25, 0.3) is 0 Å². The fraction of sp³-hybridized carbons (Fsp3) is 0.333. The molecule has 0 bridgehead atoms. The van der Waals surface area contributed by atoms with Crippen molar-refractivity contribution < 1.29 is 23.8 Å². The highest BCUT2D eigenvalue weighted by molar-refractivity contribution is 5.94. The molecule has 0 spiro atoms. The first-order valence-corrected chi connectivity index (χ1v) is 12.1. The molecule has 0 aliphatic carbocycles. The Hall–Kier alpha value is -3.44. The lowest BCUT2D eigenvalue weighted by molar-refractivity contribution is -0.159. The normalized spacial score (nSPS) is 11.3. The van der Waals surface area contributed by atoms with E-state index in [1.54, 1.807) is 0 Å². The fourth-order valence-electron chi connectivity index (χ4n) is 4.41. The van der Waals surface area contributed by atoms with Crippen LogP contribution < -0.4 is 0 Å². The molecule has 0 N–H and O–H groups in total. The van der Waals surface area contributed by atoms with E-state index in [2.05, 4.69) is 36.4 Å². The molecule has 0 radical (unpaired) electrons. The Kier molecular flexibility index (Phi) is 10.1. The van der Waals surface area contributed by atoms with E-state index in [4.69, 9.17) is 14.2 Å². The molecule has 3 aromatic rings. The maximum absolute atomic E-state index is 11.9. The second-order valence-electron chi connectivity index (χ2n) is 8.43. The van der Waals surface area contributed by atoms with Gasteiger partial charge in [-0.2, -0.15) is 0 Å². The molecule has 0 unspecified atom stereocenters. The van der Waals surface area contributed by atoms with E-state index >= 15 is 0 Å². The Morgan fingerprint density at radius 2 is 1.03 bits per heavy atom. The van der Waals surface area contributed by atoms with Gasteiger partial charge in [0.15, 0.2) is 5.92 Å². The minimum absolute atomic E-state index is 0.419. The standard InChI is InChI=1S/C30H34O5/c1-33-28(31)27(29(32)34-2)22-14-3-4-15-23-35-30(24-16-8-5-9-17-24,25-18-10-6-11-19-25)26-20-12-7-13-21-26/h5-13,16-21,27H,3-4,14-15,22-23H2,1-2H3. The monoisotopic (exact) mass is 474 g/mol. The summed E-state index contributed by atoms with van der Waals surface area (Å²) in [7, 11) is 2.57. The number of ether oxygens (including phenoxy) is 3. The minimum atomic E-state index is -0.858. The van der Waals surface area contributed by atoms with Crippen LogP contribution >= 0.6 is 0 Å². The third-order valence-electron chi connectivity index (χ3n) is 6.22. The van der Waals surface area contributed by atoms with Gasteiger partial charge in [0, 0.05) is 6.61 Å². The van der Waals surface area contributed by atoms with Crippen LogP contribution in [0.5, 0.6) is 0 Å². The van der Waals surface area contributed by atoms with Crippen molar-refractivity contribution in [1.82, 2.24) is 0 Å². The molecule has 0 fully saturated rings. The van der Waals surface area contributed by atoms with Crippen LogP contribution in [0.25, 0.3) is 0 Å². The first-order valence-electron chi connectivity index (χ1n) is 12.1. The molecule has 35 heavy (non-hydrogen) atoms. The third-order valence-corrected chi connectivity index (χ3v) is 6.22. The molecule has 5 heteroatoms. The summed E-state index contributed by atoms with van der Waals surface area (Å²) in [6.45, 7) is 0.566. The number of methoxy groups -OCH3 is 2. The number of esters is 2. The second-order valence-corrected chi connectivity index (χ2v) is 8.43. The first-order chi connectivity index (χ1) is 17.1. The van der Waals surface area contributed by atoms with E-state index in [-0.39, 0.29) is 0 Å². The van der Waals surface area contributed by atoms with Crippen LogP contribution in [0.1, 0.15) is 48.8 Å². The van der Waals surface area contributed by atoms with Gasteiger partial charge in [-0.05, 0) is 29.5 Å². The van der Waals surface area contributed by atoms with Crippen LogP contribution in [0.3, 0.4) is 0 Å². The average molecular weight is 475 g/mol. The van der Waals surface area contributed by atoms with Crippen molar-refractivity contribution in [1.29, 1.82) is 0 Å². The quantitative estimate of drug-likeness (QED) is 0.133. The van der Waals surface area contributed by atoms with Crippen molar-refractivity contribution in [3.8, 4) is 0 Å². The zero-order valence-electron chi connectivity index (χ0n) is 20.5. The van der Waals surface area contributed by atoms with Gasteiger partial charge in [0.2, 0.25) is 0 Å². The highest BCUT2D eigenvalue weighted by atomic mass is 16.5. The number of unbranched alkanes of at least 4 members (excludes halogenated alkanes) is 3. The molecule has 0 saturated carbocycles. The first kappa shape index (κ1) is 26.2. The zero-order valence-corrected chi connectivity index (χ0v) is 20.5. The molecule has 0 amide bonds. The van der Waals surface area contributed by atoms with Gasteiger partial charge in [-0.3, -0.25) is 9.59 Å². The summed E-state index contributed by atoms with van der Waals surface area (Å²) >= 11 is 0. The summed E-state index contributed by atoms with van der Waals surface area (Å²) in [5.74, 6) is -1.94. The average Bonchev–Trinajstić information content (AvgIpc) is 2.93. The van der Waals surface area contributed by atoms with E-state index in [0.717, 1.165) is 42.4 Å². The van der Waals surface area contributed by atoms with Crippen molar-refractivity contribution in [2.24, 2.45) is 5.92 Å². The number of rotatable bonds is 13. The lowest BCUT2D eigenvalue weighted by Crippen LogP contribution is -2.33. The molecule has 0 atom stereocenters. The smallest absolute Gasteiger partial charge is 0.320 e. The van der Waals surface area contributed by atoms with Crippen molar-refractivity contribution in [3.63, 3.8) is 0 Å². The predicted octanol–water partition coefficient (Wildman–Crippen LogP) is 5.91. The SMILES string of the molecule is COC(=O)C(CCCCCCOC(c1ccccc1)(c1ccccc1)c1ccccc1)C(=O)OC. The molecular formula is C30H34O5. The van der Waals surface area contributed by atoms with Crippen molar-refractivity contribution in [3.05, 3.63) is 108 Å². The summed E-state index contributed by atoms with van der Waals surface area (Å²) in [5.41, 5.74) is 2.52. The highest BCUT2D eigenvalue weighted by Crippen LogP contribution is 2.40. The van der Waals surface area contributed by atoms with Crippen LogP contribution in [0.4, 0.5) is 0 Å². The highest BCUT2D eigenvalue weighted by Gasteiger charge is 2.37. The topological polar surface area (TPSA) is 61.8 Å². The molecular weight excluding hydrogens is 440 g/mol. The lowest BCUT2D eigenvalue weighted by atomic mass is 9.80. The Balaban J connectivity index is 1.69. The minimum Gasteiger partial charge on any atom is -0.468 e. The van der Waals surface area contributed by atoms with E-state index in [1.165, 1.54) is 14.2 Å². The van der Waals surface area contributed by atoms with Crippen LogP contribution in [-0.4, -0.2) is 32.8 Å². The van der Waals surface area contributed by atoms with Gasteiger partial charge < -0.3 is 14.2 Å². The number of carbonyl (C=O) groups is 2. The molecule has 0 aromatic heterocycles. The van der Waals surface area contributed by atoms with Gasteiger partial charge in [-0.15, -0.1) is 0 Å². The number of hydrogen-bond acceptors (Lipinski definition) is 5. The lowest BCUT2D eigenvalue weighted by Gasteiger charge is -2.36. The third kappa shape index (κ3) is 6.58. The molecule has 5 nitrogen and oxygen atoms in total. The van der Waals surface area contributed by atoms with Crippen molar-refractivity contribution in [2.45, 2.75) is 37.7 Å². The van der Waals surface area contributed by atoms with Crippen LogP contribution in [-0.2, 0) is 29.4 Å². The van der Waals surface area contributed by atoms with Crippen LogP contribution in [0.15, 0.2) is 91.0 Å². The number of hydrogen-bond donors (Lipinski definition) is 0. The van der Waals surface area contributed by atoms with E-state index in [9.17, 15) is 9.59 Å². The largest absolute Gasteiger partial charge is 0.468 e. The van der Waals surface area contributed by atoms with Crippen molar-refractivity contribution >= 4 is 11.9 Å². The molecule has 0 aliphatic heterocycles.